The van der Waals surface area contributed by atoms with Gasteiger partial charge < -0.3 is 10.1 Å². The van der Waals surface area contributed by atoms with Crippen LogP contribution in [0.3, 0.4) is 0 Å². The van der Waals surface area contributed by atoms with Crippen LogP contribution in [0, 0.1) is 11.6 Å². The number of carbonyl (C=O) groups is 1. The van der Waals surface area contributed by atoms with E-state index < -0.39 is 35.7 Å². The fourth-order valence-electron chi connectivity index (χ4n) is 2.70. The number of nitrogens with zero attached hydrogens (tertiary/aromatic N) is 2. The first-order chi connectivity index (χ1) is 14.2. The average Bonchev–Trinajstić information content (AvgIpc) is 2.68. The summed E-state index contributed by atoms with van der Waals surface area (Å²) in [6.45, 7) is 0. The molecule has 1 amide bonds. The third-order valence-electron chi connectivity index (χ3n) is 3.95. The lowest BCUT2D eigenvalue weighted by Gasteiger charge is -2.20. The molecule has 0 aliphatic carbocycles. The van der Waals surface area contributed by atoms with E-state index in [-0.39, 0.29) is 17.7 Å². The highest BCUT2D eigenvalue weighted by Crippen LogP contribution is 2.30. The van der Waals surface area contributed by atoms with E-state index in [9.17, 15) is 26.7 Å². The van der Waals surface area contributed by atoms with Gasteiger partial charge in [-0.25, -0.2) is 8.78 Å². The van der Waals surface area contributed by atoms with Gasteiger partial charge in [-0.1, -0.05) is 12.1 Å². The van der Waals surface area contributed by atoms with Crippen LogP contribution in [0.2, 0.25) is 0 Å². The van der Waals surface area contributed by atoms with Crippen molar-refractivity contribution in [2.75, 3.05) is 0 Å². The number of ether oxygens (including phenoxy) is 1. The third-order valence-corrected chi connectivity index (χ3v) is 3.95. The molecule has 156 valence electrons. The van der Waals surface area contributed by atoms with E-state index in [0.29, 0.717) is 5.69 Å². The quantitative estimate of drug-likeness (QED) is 0.607. The van der Waals surface area contributed by atoms with Crippen molar-refractivity contribution in [2.24, 2.45) is 0 Å². The Labute approximate surface area is 167 Å². The third kappa shape index (κ3) is 5.49. The predicted octanol–water partition coefficient (Wildman–Crippen LogP) is 4.10. The lowest BCUT2D eigenvalue weighted by molar-refractivity contribution is -0.275. The number of alkyl halides is 3. The Bertz CT molecular complexity index is 1030. The van der Waals surface area contributed by atoms with Crippen LogP contribution >= 0.6 is 0 Å². The van der Waals surface area contributed by atoms with E-state index in [2.05, 4.69) is 20.0 Å². The van der Waals surface area contributed by atoms with Gasteiger partial charge in [0.15, 0.2) is 11.6 Å². The van der Waals surface area contributed by atoms with Crippen molar-refractivity contribution in [1.82, 2.24) is 15.3 Å². The molecule has 0 fully saturated rings. The maximum Gasteiger partial charge on any atom is 0.573 e. The summed E-state index contributed by atoms with van der Waals surface area (Å²) in [6.07, 6.45) is -2.46. The topological polar surface area (TPSA) is 64.1 Å². The Kier molecular flexibility index (Phi) is 6.24. The Balaban J connectivity index is 1.91. The summed E-state index contributed by atoms with van der Waals surface area (Å²) in [5.74, 6) is -3.73. The second-order valence-corrected chi connectivity index (χ2v) is 6.11. The van der Waals surface area contributed by atoms with Gasteiger partial charge in [-0.2, -0.15) is 0 Å². The number of nitrogens with one attached hydrogen (secondary N) is 1. The minimum Gasteiger partial charge on any atom is -0.403 e. The lowest BCUT2D eigenvalue weighted by atomic mass is 10.0. The molecule has 0 spiro atoms. The molecule has 10 heteroatoms. The molecule has 30 heavy (non-hydrogen) atoms. The predicted molar refractivity (Wildman–Crippen MR) is 95.2 cm³/mol. The molecule has 0 saturated heterocycles. The van der Waals surface area contributed by atoms with E-state index in [1.54, 1.807) is 18.2 Å². The molecule has 0 aliphatic rings. The van der Waals surface area contributed by atoms with Crippen LogP contribution in [0.1, 0.15) is 23.0 Å². The number of halogens is 5. The maximum absolute atomic E-state index is 14.3. The zero-order valence-electron chi connectivity index (χ0n) is 15.2. The van der Waals surface area contributed by atoms with Gasteiger partial charge in [-0.3, -0.25) is 14.8 Å². The molecule has 1 aromatic carbocycles. The Hall–Kier alpha value is -3.56. The van der Waals surface area contributed by atoms with Gasteiger partial charge >= 0.3 is 6.36 Å². The highest BCUT2D eigenvalue weighted by atomic mass is 19.4. The molecular formula is C20H14F5N3O2. The second kappa shape index (κ2) is 8.85. The average molecular weight is 423 g/mol. The van der Waals surface area contributed by atoms with Crippen LogP contribution in [0.4, 0.5) is 22.0 Å². The van der Waals surface area contributed by atoms with Gasteiger partial charge in [0.05, 0.1) is 12.5 Å². The summed E-state index contributed by atoms with van der Waals surface area (Å²) in [6, 6.07) is 8.68. The molecule has 1 unspecified atom stereocenters. The van der Waals surface area contributed by atoms with Crippen molar-refractivity contribution in [3.63, 3.8) is 0 Å². The zero-order chi connectivity index (χ0) is 21.7. The fourth-order valence-corrected chi connectivity index (χ4v) is 2.70. The lowest BCUT2D eigenvalue weighted by Crippen LogP contribution is -2.32. The largest absolute Gasteiger partial charge is 0.573 e. The van der Waals surface area contributed by atoms with Gasteiger partial charge in [0, 0.05) is 18.1 Å². The van der Waals surface area contributed by atoms with Crippen molar-refractivity contribution in [2.45, 2.75) is 18.8 Å². The summed E-state index contributed by atoms with van der Waals surface area (Å²) < 4.78 is 69.2. The summed E-state index contributed by atoms with van der Waals surface area (Å²) in [5.41, 5.74) is 0.195. The molecule has 1 atom stereocenters. The van der Waals surface area contributed by atoms with Crippen molar-refractivity contribution in [3.05, 3.63) is 89.5 Å². The Morgan fingerprint density at radius 2 is 1.77 bits per heavy atom. The number of pyridine rings is 2. The van der Waals surface area contributed by atoms with Crippen molar-refractivity contribution < 1.29 is 31.5 Å². The molecule has 5 nitrogen and oxygen atoms in total. The first-order valence-corrected chi connectivity index (χ1v) is 8.58. The number of aromatic nitrogens is 2. The van der Waals surface area contributed by atoms with Crippen LogP contribution in [-0.2, 0) is 11.2 Å². The molecule has 0 bridgehead atoms. The van der Waals surface area contributed by atoms with Crippen molar-refractivity contribution in [3.8, 4) is 5.75 Å². The SMILES string of the molecule is O=C(Cc1ccccn1)NC(c1ccc(OC(F)(F)F)c(F)c1)c1ncccc1F. The second-order valence-electron chi connectivity index (χ2n) is 6.11. The summed E-state index contributed by atoms with van der Waals surface area (Å²) in [4.78, 5) is 20.4. The van der Waals surface area contributed by atoms with E-state index in [1.807, 2.05) is 0 Å². The molecule has 3 rings (SSSR count). The van der Waals surface area contributed by atoms with Crippen LogP contribution in [0.25, 0.3) is 0 Å². The number of benzene rings is 1. The van der Waals surface area contributed by atoms with E-state index in [1.165, 1.54) is 18.5 Å². The zero-order valence-corrected chi connectivity index (χ0v) is 15.2. The highest BCUT2D eigenvalue weighted by Gasteiger charge is 2.33. The van der Waals surface area contributed by atoms with Gasteiger partial charge in [0.2, 0.25) is 5.91 Å². The molecule has 2 aromatic heterocycles. The molecule has 1 N–H and O–H groups in total. The number of rotatable bonds is 6. The maximum atomic E-state index is 14.3. The number of carbonyl (C=O) groups excluding carboxylic acids is 1. The van der Waals surface area contributed by atoms with E-state index in [4.69, 9.17) is 0 Å². The highest BCUT2D eigenvalue weighted by molar-refractivity contribution is 5.79. The summed E-state index contributed by atoms with van der Waals surface area (Å²) >= 11 is 0. The minimum atomic E-state index is -5.08. The first-order valence-electron chi connectivity index (χ1n) is 8.58. The first kappa shape index (κ1) is 21.2. The smallest absolute Gasteiger partial charge is 0.403 e. The van der Waals surface area contributed by atoms with Crippen LogP contribution < -0.4 is 10.1 Å². The van der Waals surface area contributed by atoms with Crippen LogP contribution in [0.15, 0.2) is 60.9 Å². The molecule has 3 aromatic rings. The van der Waals surface area contributed by atoms with Crippen molar-refractivity contribution >= 4 is 5.91 Å². The van der Waals surface area contributed by atoms with E-state index in [0.717, 1.165) is 24.3 Å². The molecular weight excluding hydrogens is 409 g/mol. The molecule has 0 saturated carbocycles. The number of amides is 1. The fraction of sp³-hybridized carbons (Fsp3) is 0.150. The van der Waals surface area contributed by atoms with Gasteiger partial charge in [0.25, 0.3) is 0 Å². The van der Waals surface area contributed by atoms with E-state index >= 15 is 0 Å². The summed E-state index contributed by atoms with van der Waals surface area (Å²) in [5, 5.41) is 2.52. The number of hydrogen-bond donors (Lipinski definition) is 1. The summed E-state index contributed by atoms with van der Waals surface area (Å²) in [7, 11) is 0. The Morgan fingerprint density at radius 1 is 1.00 bits per heavy atom. The van der Waals surface area contributed by atoms with Gasteiger partial charge in [-0.15, -0.1) is 13.2 Å². The van der Waals surface area contributed by atoms with Crippen molar-refractivity contribution in [1.29, 1.82) is 0 Å². The van der Waals surface area contributed by atoms with Crippen LogP contribution in [0.5, 0.6) is 5.75 Å². The molecule has 0 radical (unpaired) electrons. The molecule has 2 heterocycles. The Morgan fingerprint density at radius 3 is 2.40 bits per heavy atom. The van der Waals surface area contributed by atoms with Gasteiger partial charge in [-0.05, 0) is 42.0 Å². The van der Waals surface area contributed by atoms with Gasteiger partial charge in [0.1, 0.15) is 11.5 Å². The number of hydrogen-bond acceptors (Lipinski definition) is 4. The van der Waals surface area contributed by atoms with Crippen LogP contribution in [-0.4, -0.2) is 22.2 Å². The monoisotopic (exact) mass is 423 g/mol. The minimum absolute atomic E-state index is 0.0194. The normalized spacial score (nSPS) is 12.3. The standard InChI is InChI=1S/C20H14F5N3O2/c21-14-5-3-9-27-19(14)18(28-17(29)11-13-4-1-2-8-26-13)12-6-7-16(15(22)10-12)30-20(23,24)25/h1-10,18H,11H2,(H,28,29). The molecule has 0 aliphatic heterocycles.